The molecule has 0 N–H and O–H groups in total. The predicted molar refractivity (Wildman–Crippen MR) is 66.5 cm³/mol. The van der Waals surface area contributed by atoms with Gasteiger partial charge in [0.2, 0.25) is 0 Å². The van der Waals surface area contributed by atoms with Crippen molar-refractivity contribution in [3.05, 3.63) is 29.3 Å². The molecule has 3 rings (SSSR count). The van der Waals surface area contributed by atoms with Gasteiger partial charge in [-0.2, -0.15) is 0 Å². The molecule has 0 aromatic heterocycles. The molecule has 1 fully saturated rings. The number of hydrogen-bond acceptors (Lipinski definition) is 1. The van der Waals surface area contributed by atoms with Gasteiger partial charge >= 0.3 is 0 Å². The number of thioether (sulfide) groups is 1. The molecule has 1 heteroatoms. The standard InChI is InChI=1S/C14H18S/c1-2-4-11(3-1)9-12-5-6-14-13(10-12)7-8-15-14/h5-6,10-11H,1-4,7-9H2. The Bertz CT molecular complexity index is 350. The molecular formula is C14H18S. The van der Waals surface area contributed by atoms with E-state index < -0.39 is 0 Å². The largest absolute Gasteiger partial charge is 0.126 e. The molecule has 1 aromatic rings. The topological polar surface area (TPSA) is 0 Å². The van der Waals surface area contributed by atoms with Crippen LogP contribution in [-0.4, -0.2) is 5.75 Å². The van der Waals surface area contributed by atoms with Gasteiger partial charge in [-0.05, 0) is 36.0 Å². The molecule has 1 aliphatic heterocycles. The lowest BCUT2D eigenvalue weighted by Crippen LogP contribution is -1.99. The second kappa shape index (κ2) is 4.21. The zero-order valence-electron chi connectivity index (χ0n) is 9.17. The lowest BCUT2D eigenvalue weighted by atomic mass is 9.96. The molecule has 1 aromatic carbocycles. The summed E-state index contributed by atoms with van der Waals surface area (Å²) in [6.07, 6.45) is 8.48. The molecule has 0 saturated heterocycles. The molecule has 0 bridgehead atoms. The van der Waals surface area contributed by atoms with Gasteiger partial charge in [0.1, 0.15) is 0 Å². The van der Waals surface area contributed by atoms with Crippen LogP contribution < -0.4 is 0 Å². The lowest BCUT2D eigenvalue weighted by Gasteiger charge is -2.09. The van der Waals surface area contributed by atoms with Gasteiger partial charge in [-0.25, -0.2) is 0 Å². The average Bonchev–Trinajstić information content (AvgIpc) is 2.87. The first-order valence-electron chi connectivity index (χ1n) is 6.16. The molecule has 0 radical (unpaired) electrons. The highest BCUT2D eigenvalue weighted by Gasteiger charge is 2.17. The first-order valence-corrected chi connectivity index (χ1v) is 7.15. The number of aryl methyl sites for hydroxylation is 1. The highest BCUT2D eigenvalue weighted by Crippen LogP contribution is 2.33. The molecule has 0 amide bonds. The fraction of sp³-hybridized carbons (Fsp3) is 0.571. The molecule has 2 aliphatic rings. The summed E-state index contributed by atoms with van der Waals surface area (Å²) < 4.78 is 0. The minimum absolute atomic E-state index is 0.983. The lowest BCUT2D eigenvalue weighted by molar-refractivity contribution is 0.546. The SMILES string of the molecule is c1cc2c(cc1CC1CCCC1)CCS2. The quantitative estimate of drug-likeness (QED) is 0.721. The second-order valence-corrected chi connectivity index (χ2v) is 6.03. The third kappa shape index (κ3) is 2.08. The van der Waals surface area contributed by atoms with Crippen molar-refractivity contribution in [2.45, 2.75) is 43.4 Å². The zero-order chi connectivity index (χ0) is 10.1. The molecule has 0 unspecified atom stereocenters. The minimum Gasteiger partial charge on any atom is -0.126 e. The maximum absolute atomic E-state index is 2.47. The normalized spacial score (nSPS) is 20.8. The fourth-order valence-electron chi connectivity index (χ4n) is 2.91. The Morgan fingerprint density at radius 2 is 2.07 bits per heavy atom. The van der Waals surface area contributed by atoms with E-state index in [2.05, 4.69) is 18.2 Å². The Balaban J connectivity index is 1.75. The van der Waals surface area contributed by atoms with Gasteiger partial charge in [-0.3, -0.25) is 0 Å². The molecule has 80 valence electrons. The third-order valence-corrected chi connectivity index (χ3v) is 4.87. The van der Waals surface area contributed by atoms with E-state index >= 15 is 0 Å². The summed E-state index contributed by atoms with van der Waals surface area (Å²) in [6, 6.07) is 7.17. The molecule has 1 saturated carbocycles. The van der Waals surface area contributed by atoms with Gasteiger partial charge in [0.25, 0.3) is 0 Å². The van der Waals surface area contributed by atoms with Crippen LogP contribution in [0.3, 0.4) is 0 Å². The van der Waals surface area contributed by atoms with E-state index in [0.717, 1.165) is 5.92 Å². The van der Waals surface area contributed by atoms with Crippen LogP contribution in [0.15, 0.2) is 23.1 Å². The van der Waals surface area contributed by atoms with Crippen LogP contribution in [0.25, 0.3) is 0 Å². The summed E-state index contributed by atoms with van der Waals surface area (Å²) in [4.78, 5) is 1.53. The zero-order valence-corrected chi connectivity index (χ0v) is 9.98. The maximum Gasteiger partial charge on any atom is 0.0105 e. The van der Waals surface area contributed by atoms with Crippen molar-refractivity contribution in [3.8, 4) is 0 Å². The van der Waals surface area contributed by atoms with Crippen molar-refractivity contribution in [3.63, 3.8) is 0 Å². The fourth-order valence-corrected chi connectivity index (χ4v) is 3.97. The summed E-state index contributed by atoms with van der Waals surface area (Å²) in [5.74, 6) is 2.28. The first-order chi connectivity index (χ1) is 7.42. The van der Waals surface area contributed by atoms with Gasteiger partial charge in [-0.15, -0.1) is 11.8 Å². The monoisotopic (exact) mass is 218 g/mol. The van der Waals surface area contributed by atoms with Crippen LogP contribution in [0.1, 0.15) is 36.8 Å². The molecule has 15 heavy (non-hydrogen) atoms. The van der Waals surface area contributed by atoms with Gasteiger partial charge in [0, 0.05) is 10.6 Å². The minimum atomic E-state index is 0.983. The first kappa shape index (κ1) is 9.77. The highest BCUT2D eigenvalue weighted by atomic mass is 32.2. The number of rotatable bonds is 2. The second-order valence-electron chi connectivity index (χ2n) is 4.90. The summed E-state index contributed by atoms with van der Waals surface area (Å²) in [5.41, 5.74) is 3.19. The Hall–Kier alpha value is -0.430. The van der Waals surface area contributed by atoms with Crippen molar-refractivity contribution in [2.24, 2.45) is 5.92 Å². The van der Waals surface area contributed by atoms with Crippen molar-refractivity contribution in [1.82, 2.24) is 0 Å². The van der Waals surface area contributed by atoms with Crippen molar-refractivity contribution in [1.29, 1.82) is 0 Å². The van der Waals surface area contributed by atoms with Crippen LogP contribution in [0.5, 0.6) is 0 Å². The Morgan fingerprint density at radius 1 is 1.20 bits per heavy atom. The number of fused-ring (bicyclic) bond motifs is 1. The van der Waals surface area contributed by atoms with Crippen LogP contribution >= 0.6 is 11.8 Å². The van der Waals surface area contributed by atoms with E-state index in [1.165, 1.54) is 49.2 Å². The molecule has 0 spiro atoms. The number of hydrogen-bond donors (Lipinski definition) is 0. The Kier molecular flexibility index (Phi) is 2.74. The maximum atomic E-state index is 2.47. The van der Waals surface area contributed by atoms with Crippen molar-refractivity contribution >= 4 is 11.8 Å². The van der Waals surface area contributed by atoms with Crippen LogP contribution in [0.4, 0.5) is 0 Å². The van der Waals surface area contributed by atoms with E-state index in [4.69, 9.17) is 0 Å². The van der Waals surface area contributed by atoms with E-state index in [1.807, 2.05) is 11.8 Å². The van der Waals surface area contributed by atoms with Crippen molar-refractivity contribution < 1.29 is 0 Å². The Morgan fingerprint density at radius 3 is 2.93 bits per heavy atom. The summed E-state index contributed by atoms with van der Waals surface area (Å²) in [5, 5.41) is 0. The van der Waals surface area contributed by atoms with E-state index in [1.54, 1.807) is 11.1 Å². The van der Waals surface area contributed by atoms with Gasteiger partial charge in [0.15, 0.2) is 0 Å². The van der Waals surface area contributed by atoms with E-state index in [0.29, 0.717) is 0 Å². The third-order valence-electron chi connectivity index (χ3n) is 3.75. The summed E-state index contributed by atoms with van der Waals surface area (Å²) in [6.45, 7) is 0. The molecular weight excluding hydrogens is 200 g/mol. The summed E-state index contributed by atoms with van der Waals surface area (Å²) in [7, 11) is 0. The molecule has 1 heterocycles. The van der Waals surface area contributed by atoms with Crippen LogP contribution in [-0.2, 0) is 12.8 Å². The average molecular weight is 218 g/mol. The summed E-state index contributed by atoms with van der Waals surface area (Å²) >= 11 is 2.02. The molecule has 0 nitrogen and oxygen atoms in total. The predicted octanol–water partition coefficient (Wildman–Crippen LogP) is 4.07. The molecule has 1 aliphatic carbocycles. The van der Waals surface area contributed by atoms with Crippen molar-refractivity contribution in [2.75, 3.05) is 5.75 Å². The number of benzene rings is 1. The molecule has 0 atom stereocenters. The van der Waals surface area contributed by atoms with Crippen LogP contribution in [0.2, 0.25) is 0 Å². The highest BCUT2D eigenvalue weighted by molar-refractivity contribution is 7.99. The van der Waals surface area contributed by atoms with Gasteiger partial charge in [-0.1, -0.05) is 37.8 Å². The Labute approximate surface area is 96.5 Å². The smallest absolute Gasteiger partial charge is 0.0105 e. The van der Waals surface area contributed by atoms with E-state index in [9.17, 15) is 0 Å². The van der Waals surface area contributed by atoms with Crippen LogP contribution in [0, 0.1) is 5.92 Å². The van der Waals surface area contributed by atoms with E-state index in [-0.39, 0.29) is 0 Å². The van der Waals surface area contributed by atoms with Gasteiger partial charge in [0.05, 0.1) is 0 Å². The van der Waals surface area contributed by atoms with Gasteiger partial charge < -0.3 is 0 Å².